The van der Waals surface area contributed by atoms with Crippen molar-refractivity contribution >= 4 is 29.1 Å². The van der Waals surface area contributed by atoms with Crippen LogP contribution in [0.1, 0.15) is 21.0 Å². The molecule has 0 bridgehead atoms. The zero-order valence-corrected chi connectivity index (χ0v) is 14.5. The Bertz CT molecular complexity index is 836. The van der Waals surface area contributed by atoms with Gasteiger partial charge in [0, 0.05) is 33.0 Å². The van der Waals surface area contributed by atoms with Gasteiger partial charge in [0.1, 0.15) is 11.4 Å². The SMILES string of the molecule is Cn1cc(NC(=O)c2cc(N)cn2C)cc1C(=O)NCCN=C(N)NO. The highest BCUT2D eigenvalue weighted by Gasteiger charge is 2.15. The summed E-state index contributed by atoms with van der Waals surface area (Å²) in [5, 5.41) is 13.9. The van der Waals surface area contributed by atoms with Crippen molar-refractivity contribution in [2.75, 3.05) is 24.1 Å². The summed E-state index contributed by atoms with van der Waals surface area (Å²) in [7, 11) is 3.41. The van der Waals surface area contributed by atoms with Crippen molar-refractivity contribution in [1.82, 2.24) is 19.9 Å². The molecule has 0 aromatic carbocycles. The number of nitrogens with one attached hydrogen (secondary N) is 3. The van der Waals surface area contributed by atoms with Crippen LogP contribution in [0.3, 0.4) is 0 Å². The molecule has 2 rings (SSSR count). The van der Waals surface area contributed by atoms with E-state index in [9.17, 15) is 9.59 Å². The Morgan fingerprint density at radius 3 is 2.42 bits per heavy atom. The molecule has 11 nitrogen and oxygen atoms in total. The van der Waals surface area contributed by atoms with E-state index in [1.165, 1.54) is 0 Å². The van der Waals surface area contributed by atoms with Crippen molar-refractivity contribution in [3.05, 3.63) is 35.9 Å². The van der Waals surface area contributed by atoms with Gasteiger partial charge in [-0.25, -0.2) is 10.5 Å². The molecule has 8 N–H and O–H groups in total. The number of guanidine groups is 1. The van der Waals surface area contributed by atoms with E-state index in [0.29, 0.717) is 22.8 Å². The van der Waals surface area contributed by atoms with Gasteiger partial charge >= 0.3 is 0 Å². The Kier molecular flexibility index (Phi) is 5.86. The zero-order chi connectivity index (χ0) is 19.3. The molecule has 0 saturated carbocycles. The third-order valence-corrected chi connectivity index (χ3v) is 3.55. The second kappa shape index (κ2) is 8.07. The zero-order valence-electron chi connectivity index (χ0n) is 14.5. The summed E-state index contributed by atoms with van der Waals surface area (Å²) >= 11 is 0. The minimum atomic E-state index is -0.332. The fourth-order valence-electron chi connectivity index (χ4n) is 2.34. The fourth-order valence-corrected chi connectivity index (χ4v) is 2.34. The average molecular weight is 362 g/mol. The van der Waals surface area contributed by atoms with E-state index in [1.807, 2.05) is 0 Å². The molecule has 11 heteroatoms. The number of amides is 2. The third-order valence-electron chi connectivity index (χ3n) is 3.55. The molecule has 0 atom stereocenters. The first-order valence-corrected chi connectivity index (χ1v) is 7.69. The van der Waals surface area contributed by atoms with Crippen molar-refractivity contribution in [2.24, 2.45) is 24.8 Å². The Labute approximate surface area is 149 Å². The lowest BCUT2D eigenvalue weighted by Crippen LogP contribution is -2.31. The molecule has 0 aliphatic heterocycles. The molecule has 0 unspecified atom stereocenters. The summed E-state index contributed by atoms with van der Waals surface area (Å²) in [5.74, 6) is -0.797. The summed E-state index contributed by atoms with van der Waals surface area (Å²) in [6, 6.07) is 3.13. The molecule has 2 aromatic heterocycles. The van der Waals surface area contributed by atoms with Crippen molar-refractivity contribution in [3.63, 3.8) is 0 Å². The number of rotatable bonds is 6. The van der Waals surface area contributed by atoms with Crippen LogP contribution in [0.5, 0.6) is 0 Å². The van der Waals surface area contributed by atoms with Gasteiger partial charge in [0.05, 0.1) is 17.9 Å². The Morgan fingerprint density at radius 1 is 1.15 bits per heavy atom. The number of hydrogen-bond donors (Lipinski definition) is 6. The maximum atomic E-state index is 12.3. The summed E-state index contributed by atoms with van der Waals surface area (Å²) in [6.45, 7) is 0.435. The van der Waals surface area contributed by atoms with Gasteiger partial charge in [-0.1, -0.05) is 0 Å². The normalized spacial score (nSPS) is 11.3. The van der Waals surface area contributed by atoms with Crippen LogP contribution in [-0.2, 0) is 14.1 Å². The minimum Gasteiger partial charge on any atom is -0.397 e. The van der Waals surface area contributed by atoms with Crippen molar-refractivity contribution in [2.45, 2.75) is 0 Å². The molecule has 0 aliphatic rings. The lowest BCUT2D eigenvalue weighted by molar-refractivity contribution is 0.0945. The number of aliphatic imine (C=N–C) groups is 1. The largest absolute Gasteiger partial charge is 0.397 e. The monoisotopic (exact) mass is 362 g/mol. The van der Waals surface area contributed by atoms with Crippen LogP contribution in [0.25, 0.3) is 0 Å². The summed E-state index contributed by atoms with van der Waals surface area (Å²) in [5.41, 5.74) is 14.4. The van der Waals surface area contributed by atoms with E-state index in [4.69, 9.17) is 16.7 Å². The van der Waals surface area contributed by atoms with Crippen LogP contribution < -0.4 is 27.6 Å². The second-order valence-electron chi connectivity index (χ2n) is 5.58. The number of hydroxylamine groups is 1. The maximum Gasteiger partial charge on any atom is 0.272 e. The predicted molar refractivity (Wildman–Crippen MR) is 96.9 cm³/mol. The Balaban J connectivity index is 1.98. The van der Waals surface area contributed by atoms with Crippen LogP contribution in [-0.4, -0.2) is 45.2 Å². The number of aromatic nitrogens is 2. The first-order valence-electron chi connectivity index (χ1n) is 7.69. The van der Waals surface area contributed by atoms with E-state index in [1.54, 1.807) is 53.2 Å². The van der Waals surface area contributed by atoms with Crippen molar-refractivity contribution in [1.29, 1.82) is 0 Å². The maximum absolute atomic E-state index is 12.3. The van der Waals surface area contributed by atoms with E-state index < -0.39 is 0 Å². The second-order valence-corrected chi connectivity index (χ2v) is 5.58. The van der Waals surface area contributed by atoms with Gasteiger partial charge in [-0.15, -0.1) is 0 Å². The molecule has 2 aromatic rings. The van der Waals surface area contributed by atoms with Gasteiger partial charge < -0.3 is 31.2 Å². The molecule has 2 amide bonds. The highest BCUT2D eigenvalue weighted by Crippen LogP contribution is 2.16. The fraction of sp³-hybridized carbons (Fsp3) is 0.267. The molecule has 0 spiro atoms. The van der Waals surface area contributed by atoms with Crippen LogP contribution >= 0.6 is 0 Å². The molecular weight excluding hydrogens is 340 g/mol. The van der Waals surface area contributed by atoms with Crippen molar-refractivity contribution < 1.29 is 14.8 Å². The molecule has 0 aliphatic carbocycles. The lowest BCUT2D eigenvalue weighted by Gasteiger charge is -2.04. The lowest BCUT2D eigenvalue weighted by atomic mass is 10.3. The molecule has 0 radical (unpaired) electrons. The van der Waals surface area contributed by atoms with Crippen LogP contribution in [0.15, 0.2) is 29.5 Å². The van der Waals surface area contributed by atoms with Gasteiger partial charge in [-0.3, -0.25) is 14.8 Å². The van der Waals surface area contributed by atoms with E-state index in [0.717, 1.165) is 0 Å². The number of carbonyl (C=O) groups is 2. The number of carbonyl (C=O) groups excluding carboxylic acids is 2. The summed E-state index contributed by atoms with van der Waals surface area (Å²) in [4.78, 5) is 28.2. The standard InChI is InChI=1S/C15H22N8O3/c1-22-7-9(16)5-11(22)14(25)20-10-6-12(23(2)8-10)13(24)18-3-4-19-15(17)21-26/h5-8,26H,3-4,16H2,1-2H3,(H,18,24)(H,20,25)(H3,17,19,21). The number of nitrogen functional groups attached to an aromatic ring is 1. The predicted octanol–water partition coefficient (Wildman–Crippen LogP) is -0.779. The van der Waals surface area contributed by atoms with E-state index >= 15 is 0 Å². The first kappa shape index (κ1) is 18.9. The number of hydrogen-bond acceptors (Lipinski definition) is 5. The van der Waals surface area contributed by atoms with Gasteiger partial charge in [0.25, 0.3) is 11.8 Å². The smallest absolute Gasteiger partial charge is 0.272 e. The number of nitrogens with two attached hydrogens (primary N) is 2. The van der Waals surface area contributed by atoms with Crippen LogP contribution in [0.4, 0.5) is 11.4 Å². The summed E-state index contributed by atoms with van der Waals surface area (Å²) in [6.07, 6.45) is 3.27. The van der Waals surface area contributed by atoms with E-state index in [-0.39, 0.29) is 30.9 Å². The Hall–Kier alpha value is -3.47. The van der Waals surface area contributed by atoms with Gasteiger partial charge in [0.2, 0.25) is 5.96 Å². The molecular formula is C15H22N8O3. The number of aryl methyl sites for hydroxylation is 2. The first-order chi connectivity index (χ1) is 12.3. The molecule has 140 valence electrons. The van der Waals surface area contributed by atoms with Crippen LogP contribution in [0.2, 0.25) is 0 Å². The molecule has 0 fully saturated rings. The molecule has 2 heterocycles. The van der Waals surface area contributed by atoms with Crippen molar-refractivity contribution in [3.8, 4) is 0 Å². The van der Waals surface area contributed by atoms with Gasteiger partial charge in [0.15, 0.2) is 0 Å². The third kappa shape index (κ3) is 4.54. The minimum absolute atomic E-state index is 0.135. The van der Waals surface area contributed by atoms with E-state index in [2.05, 4.69) is 15.6 Å². The Morgan fingerprint density at radius 2 is 1.81 bits per heavy atom. The average Bonchev–Trinajstić information content (AvgIpc) is 3.12. The topological polar surface area (TPSA) is 165 Å². The quantitative estimate of drug-likeness (QED) is 0.171. The highest BCUT2D eigenvalue weighted by molar-refractivity contribution is 6.04. The highest BCUT2D eigenvalue weighted by atomic mass is 16.5. The molecule has 0 saturated heterocycles. The summed E-state index contributed by atoms with van der Waals surface area (Å²) < 4.78 is 3.21. The molecule has 26 heavy (non-hydrogen) atoms. The van der Waals surface area contributed by atoms with Gasteiger partial charge in [-0.05, 0) is 12.1 Å². The number of nitrogens with zero attached hydrogens (tertiary/aromatic N) is 3. The van der Waals surface area contributed by atoms with Gasteiger partial charge in [-0.2, -0.15) is 0 Å². The van der Waals surface area contributed by atoms with Crippen LogP contribution in [0, 0.1) is 0 Å². The number of anilines is 2.